The molecule has 0 unspecified atom stereocenters. The first-order chi connectivity index (χ1) is 10.8. The number of aromatic amines is 1. The second-order valence-corrected chi connectivity index (χ2v) is 6.44. The Balaban J connectivity index is 1.36. The molecule has 0 bridgehead atoms. The fraction of sp³-hybridized carbons (Fsp3) is 0.235. The molecule has 3 rings (SSSR count). The average molecular weight is 333 g/mol. The highest BCUT2D eigenvalue weighted by molar-refractivity contribution is 7.99. The molecule has 0 aliphatic carbocycles. The number of aromatic nitrogens is 2. The maximum Gasteiger partial charge on any atom is 0.166 e. The van der Waals surface area contributed by atoms with Gasteiger partial charge in [-0.15, -0.1) is 0 Å². The molecule has 0 saturated heterocycles. The van der Waals surface area contributed by atoms with E-state index in [1.165, 1.54) is 0 Å². The van der Waals surface area contributed by atoms with Gasteiger partial charge in [0.05, 0.1) is 17.6 Å². The predicted octanol–water partition coefficient (Wildman–Crippen LogP) is 5.17. The number of nitrogens with zero attached hydrogens (tertiary/aromatic N) is 1. The third kappa shape index (κ3) is 4.18. The zero-order chi connectivity index (χ0) is 15.2. The summed E-state index contributed by atoms with van der Waals surface area (Å²) >= 11 is 7.59. The molecule has 0 aliphatic rings. The molecule has 1 aromatic heterocycles. The number of H-pyrrole nitrogens is 1. The number of thioether (sulfide) groups is 1. The Morgan fingerprint density at radius 2 is 1.86 bits per heavy atom. The smallest absolute Gasteiger partial charge is 0.166 e. The van der Waals surface area contributed by atoms with Gasteiger partial charge in [-0.25, -0.2) is 4.98 Å². The van der Waals surface area contributed by atoms with Crippen LogP contribution in [-0.4, -0.2) is 22.3 Å². The number of unbranched alkanes of at least 4 members (excludes halogenated alkanes) is 1. The molecular weight excluding hydrogens is 316 g/mol. The maximum atomic E-state index is 5.83. The molecule has 22 heavy (non-hydrogen) atoms. The number of para-hydroxylation sites is 2. The molecule has 0 aliphatic heterocycles. The monoisotopic (exact) mass is 332 g/mol. The number of ether oxygens (including phenoxy) is 1. The number of rotatable bonds is 7. The summed E-state index contributed by atoms with van der Waals surface area (Å²) in [4.78, 5) is 7.88. The largest absolute Gasteiger partial charge is 0.494 e. The minimum atomic E-state index is 0.725. The Morgan fingerprint density at radius 1 is 1.05 bits per heavy atom. The molecule has 2 aromatic carbocycles. The lowest BCUT2D eigenvalue weighted by Crippen LogP contribution is -1.97. The minimum Gasteiger partial charge on any atom is -0.494 e. The number of hydrogen-bond acceptors (Lipinski definition) is 3. The summed E-state index contributed by atoms with van der Waals surface area (Å²) in [7, 11) is 0. The van der Waals surface area contributed by atoms with Crippen molar-refractivity contribution in [3.05, 3.63) is 53.6 Å². The maximum absolute atomic E-state index is 5.83. The molecular formula is C17H17ClN2OS. The molecule has 0 spiro atoms. The zero-order valence-electron chi connectivity index (χ0n) is 12.1. The topological polar surface area (TPSA) is 37.9 Å². The summed E-state index contributed by atoms with van der Waals surface area (Å²) in [5.74, 6) is 1.90. The van der Waals surface area contributed by atoms with Crippen LogP contribution >= 0.6 is 23.4 Å². The standard InChI is InChI=1S/C17H17ClN2OS/c18-13-7-9-14(10-8-13)21-11-3-4-12-22-17-19-15-5-1-2-6-16(15)20-17/h1-2,5-10H,3-4,11-12H2,(H,19,20). The van der Waals surface area contributed by atoms with E-state index in [0.29, 0.717) is 0 Å². The summed E-state index contributed by atoms with van der Waals surface area (Å²) in [6, 6.07) is 15.6. The van der Waals surface area contributed by atoms with Gasteiger partial charge < -0.3 is 9.72 Å². The van der Waals surface area contributed by atoms with Crippen LogP contribution in [-0.2, 0) is 0 Å². The summed E-state index contributed by atoms with van der Waals surface area (Å²) in [6.07, 6.45) is 2.12. The Labute approximate surface area is 139 Å². The Morgan fingerprint density at radius 3 is 2.68 bits per heavy atom. The third-order valence-corrected chi connectivity index (χ3v) is 4.44. The second-order valence-electron chi connectivity index (χ2n) is 4.92. The molecule has 114 valence electrons. The van der Waals surface area contributed by atoms with E-state index in [4.69, 9.17) is 16.3 Å². The molecule has 0 fully saturated rings. The molecule has 3 nitrogen and oxygen atoms in total. The van der Waals surface area contributed by atoms with Crippen LogP contribution in [0.5, 0.6) is 5.75 Å². The van der Waals surface area contributed by atoms with Gasteiger partial charge in [-0.05, 0) is 49.2 Å². The Kier molecular flexibility index (Phi) is 5.24. The van der Waals surface area contributed by atoms with Crippen molar-refractivity contribution in [1.82, 2.24) is 9.97 Å². The van der Waals surface area contributed by atoms with Crippen molar-refractivity contribution in [1.29, 1.82) is 0 Å². The van der Waals surface area contributed by atoms with Crippen LogP contribution < -0.4 is 4.74 Å². The van der Waals surface area contributed by atoms with E-state index in [9.17, 15) is 0 Å². The molecule has 0 radical (unpaired) electrons. The molecule has 1 heterocycles. The molecule has 5 heteroatoms. The number of hydrogen-bond donors (Lipinski definition) is 1. The second kappa shape index (κ2) is 7.56. The number of fused-ring (bicyclic) bond motifs is 1. The SMILES string of the molecule is Clc1ccc(OCCCCSc2nc3ccccc3[nH]2)cc1. The highest BCUT2D eigenvalue weighted by Gasteiger charge is 2.02. The van der Waals surface area contributed by atoms with E-state index in [1.54, 1.807) is 11.8 Å². The summed E-state index contributed by atoms with van der Waals surface area (Å²) in [5.41, 5.74) is 2.12. The third-order valence-electron chi connectivity index (χ3n) is 3.23. The van der Waals surface area contributed by atoms with E-state index in [2.05, 4.69) is 9.97 Å². The van der Waals surface area contributed by atoms with E-state index in [0.717, 1.165) is 52.2 Å². The van der Waals surface area contributed by atoms with Gasteiger partial charge in [0.25, 0.3) is 0 Å². The van der Waals surface area contributed by atoms with Crippen LogP contribution in [0.3, 0.4) is 0 Å². The lowest BCUT2D eigenvalue weighted by Gasteiger charge is -2.05. The van der Waals surface area contributed by atoms with E-state index >= 15 is 0 Å². The van der Waals surface area contributed by atoms with E-state index in [1.807, 2.05) is 48.5 Å². The van der Waals surface area contributed by atoms with Gasteiger partial charge in [-0.1, -0.05) is 35.5 Å². The number of nitrogens with one attached hydrogen (secondary N) is 1. The van der Waals surface area contributed by atoms with Gasteiger partial charge >= 0.3 is 0 Å². The fourth-order valence-corrected chi connectivity index (χ4v) is 3.10. The van der Waals surface area contributed by atoms with Crippen LogP contribution in [0.4, 0.5) is 0 Å². The lowest BCUT2D eigenvalue weighted by atomic mass is 10.3. The van der Waals surface area contributed by atoms with Crippen LogP contribution in [0, 0.1) is 0 Å². The van der Waals surface area contributed by atoms with Gasteiger partial charge in [0.2, 0.25) is 0 Å². The summed E-state index contributed by atoms with van der Waals surface area (Å²) in [6.45, 7) is 0.725. The van der Waals surface area contributed by atoms with Crippen LogP contribution in [0.15, 0.2) is 53.7 Å². The summed E-state index contributed by atoms with van der Waals surface area (Å²) < 4.78 is 5.67. The molecule has 3 aromatic rings. The van der Waals surface area contributed by atoms with Crippen molar-refractivity contribution < 1.29 is 4.74 Å². The molecule has 0 amide bonds. The summed E-state index contributed by atoms with van der Waals surface area (Å²) in [5, 5.41) is 1.72. The lowest BCUT2D eigenvalue weighted by molar-refractivity contribution is 0.310. The van der Waals surface area contributed by atoms with Crippen molar-refractivity contribution in [2.24, 2.45) is 0 Å². The quantitative estimate of drug-likeness (QED) is 0.479. The Hall–Kier alpha value is -1.65. The fourth-order valence-electron chi connectivity index (χ4n) is 2.09. The highest BCUT2D eigenvalue weighted by atomic mass is 35.5. The van der Waals surface area contributed by atoms with Gasteiger partial charge in [0, 0.05) is 10.8 Å². The van der Waals surface area contributed by atoms with Gasteiger partial charge in [0.15, 0.2) is 5.16 Å². The number of halogens is 1. The van der Waals surface area contributed by atoms with Crippen molar-refractivity contribution in [3.63, 3.8) is 0 Å². The van der Waals surface area contributed by atoms with E-state index in [-0.39, 0.29) is 0 Å². The van der Waals surface area contributed by atoms with Gasteiger partial charge in [-0.3, -0.25) is 0 Å². The first-order valence-electron chi connectivity index (χ1n) is 7.27. The van der Waals surface area contributed by atoms with Crippen molar-refractivity contribution in [3.8, 4) is 5.75 Å². The Bertz CT molecular complexity index is 694. The number of imidazole rings is 1. The molecule has 0 saturated carbocycles. The normalized spacial score (nSPS) is 11.0. The number of benzene rings is 2. The first kappa shape index (κ1) is 15.3. The average Bonchev–Trinajstić information content (AvgIpc) is 2.95. The minimum absolute atomic E-state index is 0.725. The molecule has 0 atom stereocenters. The van der Waals surface area contributed by atoms with Crippen molar-refractivity contribution in [2.45, 2.75) is 18.0 Å². The first-order valence-corrected chi connectivity index (χ1v) is 8.63. The zero-order valence-corrected chi connectivity index (χ0v) is 13.7. The van der Waals surface area contributed by atoms with Crippen molar-refractivity contribution in [2.75, 3.05) is 12.4 Å². The van der Waals surface area contributed by atoms with Crippen LogP contribution in [0.2, 0.25) is 5.02 Å². The van der Waals surface area contributed by atoms with Crippen molar-refractivity contribution >= 4 is 34.4 Å². The van der Waals surface area contributed by atoms with Crippen LogP contribution in [0.1, 0.15) is 12.8 Å². The predicted molar refractivity (Wildman–Crippen MR) is 93.0 cm³/mol. The van der Waals surface area contributed by atoms with Gasteiger partial charge in [0.1, 0.15) is 5.75 Å². The van der Waals surface area contributed by atoms with E-state index < -0.39 is 0 Å². The molecule has 1 N–H and O–H groups in total. The highest BCUT2D eigenvalue weighted by Crippen LogP contribution is 2.20. The van der Waals surface area contributed by atoms with Gasteiger partial charge in [-0.2, -0.15) is 0 Å². The van der Waals surface area contributed by atoms with Crippen LogP contribution in [0.25, 0.3) is 11.0 Å².